The molecular formula is C13H23F3N2. The summed E-state index contributed by atoms with van der Waals surface area (Å²) >= 11 is 0. The third-order valence-electron chi connectivity index (χ3n) is 3.84. The minimum absolute atomic E-state index is 0.243. The molecule has 18 heavy (non-hydrogen) atoms. The molecule has 0 bridgehead atoms. The fourth-order valence-corrected chi connectivity index (χ4v) is 2.71. The van der Waals surface area contributed by atoms with Gasteiger partial charge in [0.25, 0.3) is 0 Å². The Morgan fingerprint density at radius 3 is 2.44 bits per heavy atom. The van der Waals surface area contributed by atoms with Gasteiger partial charge >= 0.3 is 6.18 Å². The first-order valence-corrected chi connectivity index (χ1v) is 7.09. The molecule has 1 atom stereocenters. The summed E-state index contributed by atoms with van der Waals surface area (Å²) in [6.45, 7) is 2.59. The molecule has 1 heterocycles. The van der Waals surface area contributed by atoms with Crippen LogP contribution in [0.3, 0.4) is 0 Å². The first-order chi connectivity index (χ1) is 8.54. The second kappa shape index (κ2) is 6.24. The van der Waals surface area contributed by atoms with Crippen molar-refractivity contribution >= 4 is 0 Å². The Bertz CT molecular complexity index is 245. The van der Waals surface area contributed by atoms with Crippen LogP contribution in [0.2, 0.25) is 0 Å². The summed E-state index contributed by atoms with van der Waals surface area (Å²) in [6.07, 6.45) is 1.58. The Morgan fingerprint density at radius 1 is 1.11 bits per heavy atom. The van der Waals surface area contributed by atoms with Crippen LogP contribution in [0.4, 0.5) is 13.2 Å². The monoisotopic (exact) mass is 264 g/mol. The van der Waals surface area contributed by atoms with E-state index < -0.39 is 12.6 Å². The molecule has 1 saturated carbocycles. The first kappa shape index (κ1) is 14.1. The molecule has 1 N–H and O–H groups in total. The summed E-state index contributed by atoms with van der Waals surface area (Å²) in [7, 11) is 0. The van der Waals surface area contributed by atoms with Crippen molar-refractivity contribution in [1.29, 1.82) is 0 Å². The molecule has 0 aromatic rings. The number of hydrogen-bond acceptors (Lipinski definition) is 2. The van der Waals surface area contributed by atoms with E-state index in [9.17, 15) is 13.2 Å². The van der Waals surface area contributed by atoms with Crippen LogP contribution in [0.25, 0.3) is 0 Å². The summed E-state index contributed by atoms with van der Waals surface area (Å²) in [5.41, 5.74) is 0. The highest BCUT2D eigenvalue weighted by molar-refractivity contribution is 4.87. The average molecular weight is 264 g/mol. The zero-order valence-corrected chi connectivity index (χ0v) is 10.8. The van der Waals surface area contributed by atoms with Gasteiger partial charge in [0.2, 0.25) is 0 Å². The maximum atomic E-state index is 12.2. The Morgan fingerprint density at radius 2 is 1.89 bits per heavy atom. The van der Waals surface area contributed by atoms with E-state index in [1.807, 2.05) is 0 Å². The maximum Gasteiger partial charge on any atom is 0.389 e. The van der Waals surface area contributed by atoms with Crippen molar-refractivity contribution in [2.45, 2.75) is 63.2 Å². The van der Waals surface area contributed by atoms with Gasteiger partial charge in [-0.25, -0.2) is 0 Å². The van der Waals surface area contributed by atoms with Gasteiger partial charge in [-0.3, -0.25) is 4.90 Å². The standard InChI is InChI=1S/C13H23F3N2/c14-13(15,16)7-3-9-18(12-5-6-12)10-11-4-1-2-8-17-11/h11-12,17H,1-10H2. The summed E-state index contributed by atoms with van der Waals surface area (Å²) in [6, 6.07) is 1.05. The molecule has 0 aromatic heterocycles. The first-order valence-electron chi connectivity index (χ1n) is 7.09. The van der Waals surface area contributed by atoms with Gasteiger partial charge < -0.3 is 5.32 Å². The van der Waals surface area contributed by atoms with E-state index in [1.54, 1.807) is 0 Å². The molecule has 0 spiro atoms. The van der Waals surface area contributed by atoms with Gasteiger partial charge in [-0.1, -0.05) is 6.42 Å². The Labute approximate surface area is 107 Å². The maximum absolute atomic E-state index is 12.2. The Kier molecular flexibility index (Phi) is 4.90. The number of halogens is 3. The molecule has 2 fully saturated rings. The lowest BCUT2D eigenvalue weighted by molar-refractivity contribution is -0.136. The van der Waals surface area contributed by atoms with Crippen LogP contribution in [0.15, 0.2) is 0 Å². The summed E-state index contributed by atoms with van der Waals surface area (Å²) in [5.74, 6) is 0. The Hall–Kier alpha value is -0.290. The number of hydrogen-bond donors (Lipinski definition) is 1. The number of nitrogens with zero attached hydrogens (tertiary/aromatic N) is 1. The van der Waals surface area contributed by atoms with Crippen LogP contribution in [0.1, 0.15) is 44.9 Å². The van der Waals surface area contributed by atoms with Gasteiger partial charge in [0, 0.05) is 25.0 Å². The normalized spacial score (nSPS) is 25.7. The molecule has 0 radical (unpaired) electrons. The van der Waals surface area contributed by atoms with Crippen molar-refractivity contribution in [3.63, 3.8) is 0 Å². The third-order valence-corrected chi connectivity index (χ3v) is 3.84. The predicted octanol–water partition coefficient (Wildman–Crippen LogP) is 2.94. The van der Waals surface area contributed by atoms with Gasteiger partial charge in [-0.05, 0) is 45.2 Å². The fraction of sp³-hybridized carbons (Fsp3) is 1.00. The Balaban J connectivity index is 1.70. The van der Waals surface area contributed by atoms with Crippen LogP contribution < -0.4 is 5.32 Å². The number of rotatable bonds is 6. The molecule has 1 saturated heterocycles. The molecule has 106 valence electrons. The lowest BCUT2D eigenvalue weighted by Gasteiger charge is -2.30. The second-order valence-corrected chi connectivity index (χ2v) is 5.59. The van der Waals surface area contributed by atoms with E-state index in [0.717, 1.165) is 13.1 Å². The highest BCUT2D eigenvalue weighted by Crippen LogP contribution is 2.29. The molecule has 2 rings (SSSR count). The predicted molar refractivity (Wildman–Crippen MR) is 65.5 cm³/mol. The van der Waals surface area contributed by atoms with Gasteiger partial charge in [0.05, 0.1) is 0 Å². The van der Waals surface area contributed by atoms with Crippen molar-refractivity contribution in [3.8, 4) is 0 Å². The SMILES string of the molecule is FC(F)(F)CCCN(CC1CCCCN1)C1CC1. The summed E-state index contributed by atoms with van der Waals surface area (Å²) in [5, 5.41) is 3.47. The van der Waals surface area contributed by atoms with Crippen LogP contribution in [0, 0.1) is 0 Å². The minimum Gasteiger partial charge on any atom is -0.313 e. The topological polar surface area (TPSA) is 15.3 Å². The zero-order chi connectivity index (χ0) is 13.0. The molecule has 5 heteroatoms. The van der Waals surface area contributed by atoms with Crippen LogP contribution in [-0.4, -0.2) is 42.8 Å². The lowest BCUT2D eigenvalue weighted by Crippen LogP contribution is -2.44. The van der Waals surface area contributed by atoms with E-state index in [1.165, 1.54) is 32.1 Å². The molecular weight excluding hydrogens is 241 g/mol. The van der Waals surface area contributed by atoms with Crippen molar-refractivity contribution in [2.24, 2.45) is 0 Å². The van der Waals surface area contributed by atoms with Gasteiger partial charge in [0.15, 0.2) is 0 Å². The lowest BCUT2D eigenvalue weighted by atomic mass is 10.0. The molecule has 2 aliphatic rings. The van der Waals surface area contributed by atoms with Crippen molar-refractivity contribution in [1.82, 2.24) is 10.2 Å². The van der Waals surface area contributed by atoms with Crippen LogP contribution in [0.5, 0.6) is 0 Å². The highest BCUT2D eigenvalue weighted by atomic mass is 19.4. The van der Waals surface area contributed by atoms with E-state index in [0.29, 0.717) is 18.6 Å². The van der Waals surface area contributed by atoms with E-state index in [2.05, 4.69) is 10.2 Å². The molecule has 1 unspecified atom stereocenters. The smallest absolute Gasteiger partial charge is 0.313 e. The highest BCUT2D eigenvalue weighted by Gasteiger charge is 2.32. The zero-order valence-electron chi connectivity index (χ0n) is 10.8. The van der Waals surface area contributed by atoms with Crippen molar-refractivity contribution < 1.29 is 13.2 Å². The number of alkyl halides is 3. The molecule has 0 aromatic carbocycles. The van der Waals surface area contributed by atoms with Gasteiger partial charge in [-0.15, -0.1) is 0 Å². The molecule has 1 aliphatic carbocycles. The summed E-state index contributed by atoms with van der Waals surface area (Å²) < 4.78 is 36.5. The van der Waals surface area contributed by atoms with Gasteiger partial charge in [-0.2, -0.15) is 13.2 Å². The third kappa shape index (κ3) is 5.14. The average Bonchev–Trinajstić information content (AvgIpc) is 3.11. The van der Waals surface area contributed by atoms with Crippen molar-refractivity contribution in [2.75, 3.05) is 19.6 Å². The van der Waals surface area contributed by atoms with E-state index in [4.69, 9.17) is 0 Å². The molecule has 2 nitrogen and oxygen atoms in total. The van der Waals surface area contributed by atoms with Crippen molar-refractivity contribution in [3.05, 3.63) is 0 Å². The summed E-state index contributed by atoms with van der Waals surface area (Å²) in [4.78, 5) is 2.27. The number of piperidine rings is 1. The minimum atomic E-state index is -4.00. The van der Waals surface area contributed by atoms with E-state index in [-0.39, 0.29) is 6.42 Å². The molecule has 0 amide bonds. The largest absolute Gasteiger partial charge is 0.389 e. The fourth-order valence-electron chi connectivity index (χ4n) is 2.71. The second-order valence-electron chi connectivity index (χ2n) is 5.59. The quantitative estimate of drug-likeness (QED) is 0.793. The van der Waals surface area contributed by atoms with Crippen LogP contribution in [-0.2, 0) is 0 Å². The molecule has 1 aliphatic heterocycles. The van der Waals surface area contributed by atoms with E-state index >= 15 is 0 Å². The van der Waals surface area contributed by atoms with Crippen LogP contribution >= 0.6 is 0 Å². The number of nitrogens with one attached hydrogen (secondary N) is 1. The van der Waals surface area contributed by atoms with Gasteiger partial charge in [0.1, 0.15) is 0 Å².